The van der Waals surface area contributed by atoms with Gasteiger partial charge < -0.3 is 4.90 Å². The first-order valence-electron chi connectivity index (χ1n) is 8.04. The molecule has 0 bridgehead atoms. The summed E-state index contributed by atoms with van der Waals surface area (Å²) in [7, 11) is 1.74. The van der Waals surface area contributed by atoms with Crippen LogP contribution >= 0.6 is 0 Å². The lowest BCUT2D eigenvalue weighted by Gasteiger charge is -2.07. The summed E-state index contributed by atoms with van der Waals surface area (Å²) in [6.07, 6.45) is 1.69. The summed E-state index contributed by atoms with van der Waals surface area (Å²) in [4.78, 5) is 27.1. The molecule has 1 aliphatic rings. The molecule has 0 atom stereocenters. The van der Waals surface area contributed by atoms with Gasteiger partial charge in [-0.15, -0.1) is 0 Å². The Bertz CT molecular complexity index is 1060. The van der Waals surface area contributed by atoms with Gasteiger partial charge in [-0.25, -0.2) is 4.68 Å². The molecule has 0 fully saturated rings. The van der Waals surface area contributed by atoms with E-state index in [9.17, 15) is 9.59 Å². The van der Waals surface area contributed by atoms with E-state index in [4.69, 9.17) is 0 Å². The third-order valence-electron chi connectivity index (χ3n) is 4.51. The average molecular weight is 331 g/mol. The van der Waals surface area contributed by atoms with E-state index in [1.54, 1.807) is 18.0 Å². The van der Waals surface area contributed by atoms with Crippen LogP contribution in [0.3, 0.4) is 0 Å². The highest BCUT2D eigenvalue weighted by Gasteiger charge is 2.29. The van der Waals surface area contributed by atoms with Crippen LogP contribution in [0.2, 0.25) is 0 Å². The van der Waals surface area contributed by atoms with Gasteiger partial charge >= 0.3 is 0 Å². The fraction of sp³-hybridized carbons (Fsp3) is 0.100. The van der Waals surface area contributed by atoms with Crippen LogP contribution in [0.25, 0.3) is 17.3 Å². The van der Waals surface area contributed by atoms with Crippen LogP contribution in [-0.2, 0) is 4.79 Å². The number of rotatable bonds is 2. The summed E-state index contributed by atoms with van der Waals surface area (Å²) in [5.41, 5.74) is 4.05. The molecule has 0 radical (unpaired) electrons. The van der Waals surface area contributed by atoms with Crippen molar-refractivity contribution in [1.29, 1.82) is 0 Å². The second-order valence-corrected chi connectivity index (χ2v) is 6.07. The van der Waals surface area contributed by atoms with Crippen molar-refractivity contribution in [3.63, 3.8) is 0 Å². The molecule has 1 N–H and O–H groups in total. The summed E-state index contributed by atoms with van der Waals surface area (Å²) in [5.74, 6) is -0.104. The number of H-pyrrole nitrogens is 1. The smallest absolute Gasteiger partial charge is 0.278 e. The second-order valence-electron chi connectivity index (χ2n) is 6.07. The first-order valence-corrected chi connectivity index (χ1v) is 8.04. The molecule has 25 heavy (non-hydrogen) atoms. The van der Waals surface area contributed by atoms with E-state index in [0.717, 1.165) is 22.6 Å². The van der Waals surface area contributed by atoms with E-state index in [1.807, 2.05) is 61.5 Å². The van der Waals surface area contributed by atoms with Crippen LogP contribution in [0.1, 0.15) is 16.8 Å². The van der Waals surface area contributed by atoms with E-state index in [0.29, 0.717) is 11.1 Å². The standard InChI is InChI=1S/C20H17N3O2/c1-13-16(20(25)23(21-13)14-8-4-3-5-9-14)12-17-15-10-6-7-11-18(15)22(2)19(17)24/h3-12,21H,1-2H3/b17-12+. The molecule has 1 aromatic heterocycles. The number of benzene rings is 2. The number of aryl methyl sites for hydroxylation is 1. The highest BCUT2D eigenvalue weighted by molar-refractivity contribution is 6.35. The van der Waals surface area contributed by atoms with Gasteiger partial charge in [0.2, 0.25) is 0 Å². The van der Waals surface area contributed by atoms with Gasteiger partial charge in [0.15, 0.2) is 0 Å². The largest absolute Gasteiger partial charge is 0.311 e. The Balaban J connectivity index is 1.88. The molecule has 5 nitrogen and oxygen atoms in total. The van der Waals surface area contributed by atoms with Crippen LogP contribution in [0, 0.1) is 6.92 Å². The summed E-state index contributed by atoms with van der Waals surface area (Å²) in [6, 6.07) is 17.0. The van der Waals surface area contributed by atoms with Gasteiger partial charge in [0, 0.05) is 18.3 Å². The molecule has 1 amide bonds. The number of carbonyl (C=O) groups excluding carboxylic acids is 1. The minimum atomic E-state index is -0.170. The number of fused-ring (bicyclic) bond motifs is 1. The summed E-state index contributed by atoms with van der Waals surface area (Å²) in [6.45, 7) is 1.84. The number of likely N-dealkylation sites (N-methyl/N-ethyl adjacent to an activating group) is 1. The molecule has 0 spiro atoms. The van der Waals surface area contributed by atoms with Crippen molar-refractivity contribution < 1.29 is 4.79 Å². The Kier molecular flexibility index (Phi) is 3.42. The molecule has 5 heteroatoms. The summed E-state index contributed by atoms with van der Waals surface area (Å²) < 4.78 is 1.50. The fourth-order valence-electron chi connectivity index (χ4n) is 3.17. The van der Waals surface area contributed by atoms with E-state index < -0.39 is 0 Å². The number of hydrogen-bond donors (Lipinski definition) is 1. The van der Waals surface area contributed by atoms with E-state index in [-0.39, 0.29) is 11.5 Å². The van der Waals surface area contributed by atoms with Crippen LogP contribution in [-0.4, -0.2) is 22.7 Å². The molecule has 0 aliphatic carbocycles. The van der Waals surface area contributed by atoms with Crippen LogP contribution < -0.4 is 10.5 Å². The minimum absolute atomic E-state index is 0.104. The zero-order valence-corrected chi connectivity index (χ0v) is 14.0. The number of nitrogens with one attached hydrogen (secondary N) is 1. The number of hydrogen-bond acceptors (Lipinski definition) is 2. The predicted octanol–water partition coefficient (Wildman–Crippen LogP) is 2.99. The van der Waals surface area contributed by atoms with E-state index in [2.05, 4.69) is 5.10 Å². The Morgan fingerprint density at radius 2 is 1.64 bits per heavy atom. The predicted molar refractivity (Wildman–Crippen MR) is 98.8 cm³/mol. The topological polar surface area (TPSA) is 58.1 Å². The van der Waals surface area contributed by atoms with E-state index >= 15 is 0 Å². The minimum Gasteiger partial charge on any atom is -0.311 e. The highest BCUT2D eigenvalue weighted by Crippen LogP contribution is 2.36. The lowest BCUT2D eigenvalue weighted by Crippen LogP contribution is -2.20. The van der Waals surface area contributed by atoms with Crippen molar-refractivity contribution >= 4 is 23.2 Å². The van der Waals surface area contributed by atoms with Crippen molar-refractivity contribution in [2.24, 2.45) is 0 Å². The third-order valence-corrected chi connectivity index (χ3v) is 4.51. The van der Waals surface area contributed by atoms with Gasteiger partial charge in [-0.05, 0) is 31.2 Å². The summed E-state index contributed by atoms with van der Waals surface area (Å²) in [5, 5.41) is 3.09. The number of amides is 1. The molecule has 2 aromatic carbocycles. The van der Waals surface area contributed by atoms with Gasteiger partial charge in [-0.1, -0.05) is 36.4 Å². The molecular formula is C20H17N3O2. The Morgan fingerprint density at radius 3 is 2.40 bits per heavy atom. The van der Waals surface area contributed by atoms with Crippen LogP contribution in [0.5, 0.6) is 0 Å². The van der Waals surface area contributed by atoms with Crippen LogP contribution in [0.15, 0.2) is 59.4 Å². The monoisotopic (exact) mass is 331 g/mol. The second kappa shape index (κ2) is 5.63. The molecule has 2 heterocycles. The molecule has 0 saturated heterocycles. The third kappa shape index (κ3) is 2.32. The number of aromatic amines is 1. The van der Waals surface area contributed by atoms with Gasteiger partial charge in [-0.2, -0.15) is 0 Å². The molecular weight excluding hydrogens is 314 g/mol. The number of anilines is 1. The molecule has 0 unspecified atom stereocenters. The number of para-hydroxylation sites is 2. The quantitative estimate of drug-likeness (QED) is 0.734. The molecule has 124 valence electrons. The fourth-order valence-corrected chi connectivity index (χ4v) is 3.17. The average Bonchev–Trinajstić information content (AvgIpc) is 3.06. The molecule has 4 rings (SSSR count). The summed E-state index contributed by atoms with van der Waals surface area (Å²) >= 11 is 0. The van der Waals surface area contributed by atoms with Gasteiger partial charge in [0.1, 0.15) is 0 Å². The highest BCUT2D eigenvalue weighted by atomic mass is 16.2. The van der Waals surface area contributed by atoms with Crippen molar-refractivity contribution in [2.75, 3.05) is 11.9 Å². The van der Waals surface area contributed by atoms with Crippen molar-refractivity contribution in [1.82, 2.24) is 9.78 Å². The van der Waals surface area contributed by atoms with E-state index in [1.165, 1.54) is 4.68 Å². The Hall–Kier alpha value is -3.34. The molecule has 1 aliphatic heterocycles. The number of nitrogens with zero attached hydrogens (tertiary/aromatic N) is 2. The first kappa shape index (κ1) is 15.2. The lowest BCUT2D eigenvalue weighted by atomic mass is 10.0. The lowest BCUT2D eigenvalue weighted by molar-refractivity contribution is -0.112. The van der Waals surface area contributed by atoms with Gasteiger partial charge in [-0.3, -0.25) is 14.7 Å². The maximum atomic E-state index is 12.8. The van der Waals surface area contributed by atoms with Crippen LogP contribution in [0.4, 0.5) is 5.69 Å². The molecule has 0 saturated carbocycles. The number of carbonyl (C=O) groups is 1. The SMILES string of the molecule is Cc1[nH]n(-c2ccccc2)c(=O)c1/C=C1/C(=O)N(C)c2ccccc21. The first-order chi connectivity index (χ1) is 12.1. The van der Waals surface area contributed by atoms with Crippen molar-refractivity contribution in [3.8, 4) is 5.69 Å². The zero-order chi connectivity index (χ0) is 17.6. The Morgan fingerprint density at radius 1 is 0.960 bits per heavy atom. The van der Waals surface area contributed by atoms with Gasteiger partial charge in [0.25, 0.3) is 11.5 Å². The zero-order valence-electron chi connectivity index (χ0n) is 14.0. The van der Waals surface area contributed by atoms with Gasteiger partial charge in [0.05, 0.1) is 22.5 Å². The van der Waals surface area contributed by atoms with Crippen molar-refractivity contribution in [2.45, 2.75) is 6.92 Å². The molecule has 3 aromatic rings. The van der Waals surface area contributed by atoms with Crippen molar-refractivity contribution in [3.05, 3.63) is 81.8 Å². The number of aromatic nitrogens is 2. The Labute approximate surface area is 144 Å². The maximum Gasteiger partial charge on any atom is 0.278 e. The maximum absolute atomic E-state index is 12.8. The normalized spacial score (nSPS) is 15.0.